The molecule has 1 aromatic carbocycles. The predicted molar refractivity (Wildman–Crippen MR) is 87.5 cm³/mol. The molecule has 2 aromatic rings. The first-order valence-electron chi connectivity index (χ1n) is 7.39. The van der Waals surface area contributed by atoms with Crippen molar-refractivity contribution >= 4 is 17.6 Å². The summed E-state index contributed by atoms with van der Waals surface area (Å²) < 4.78 is 16.2. The third-order valence-electron chi connectivity index (χ3n) is 3.32. The highest BCUT2D eigenvalue weighted by atomic mass is 35.5. The summed E-state index contributed by atoms with van der Waals surface area (Å²) in [4.78, 5) is 11.5. The normalized spacial score (nSPS) is 12.0. The molecule has 0 aliphatic rings. The summed E-state index contributed by atoms with van der Waals surface area (Å²) in [6, 6.07) is 8.34. The highest BCUT2D eigenvalue weighted by Gasteiger charge is 2.17. The fourth-order valence-electron chi connectivity index (χ4n) is 2.05. The Morgan fingerprint density at radius 3 is 2.78 bits per heavy atom. The Kier molecular flexibility index (Phi) is 6.07. The van der Waals surface area contributed by atoms with Crippen molar-refractivity contribution in [3.8, 4) is 5.75 Å². The lowest BCUT2D eigenvalue weighted by Gasteiger charge is -2.09. The van der Waals surface area contributed by atoms with Crippen LogP contribution in [0.15, 0.2) is 34.7 Å². The lowest BCUT2D eigenvalue weighted by atomic mass is 10.2. The van der Waals surface area contributed by atoms with Crippen LogP contribution in [0.1, 0.15) is 24.0 Å². The van der Waals surface area contributed by atoms with E-state index >= 15 is 0 Å². The molecule has 1 heterocycles. The molecule has 0 fully saturated rings. The van der Waals surface area contributed by atoms with E-state index in [9.17, 15) is 4.79 Å². The smallest absolute Gasteiger partial charge is 0.323 e. The molecule has 2 rings (SSSR count). The summed E-state index contributed by atoms with van der Waals surface area (Å²) in [5.74, 6) is 1.54. The standard InChI is InChI=1S/C17H20ClNO4/c1-3-21-17(20)15(19)9-12-7-8-13(23-12)10-22-16-6-4-5-14(18)11(16)2/h4-8,15H,3,9-10,19H2,1-2H3. The largest absolute Gasteiger partial charge is 0.485 e. The number of carbonyl (C=O) groups excluding carboxylic acids is 1. The van der Waals surface area contributed by atoms with Gasteiger partial charge in [-0.2, -0.15) is 0 Å². The SMILES string of the molecule is CCOC(=O)C(N)Cc1ccc(COc2cccc(Cl)c2C)o1. The second-order valence-electron chi connectivity index (χ2n) is 5.08. The number of hydrogen-bond donors (Lipinski definition) is 1. The number of rotatable bonds is 7. The van der Waals surface area contributed by atoms with E-state index < -0.39 is 12.0 Å². The molecule has 6 heteroatoms. The lowest BCUT2D eigenvalue weighted by molar-refractivity contribution is -0.144. The molecule has 0 aliphatic carbocycles. The van der Waals surface area contributed by atoms with Gasteiger partial charge in [0, 0.05) is 17.0 Å². The second kappa shape index (κ2) is 8.04. The summed E-state index contributed by atoms with van der Waals surface area (Å²) in [6.45, 7) is 4.22. The average Bonchev–Trinajstić information content (AvgIpc) is 2.96. The molecule has 1 aromatic heterocycles. The van der Waals surface area contributed by atoms with E-state index in [2.05, 4.69) is 0 Å². The number of furan rings is 1. The van der Waals surface area contributed by atoms with Gasteiger partial charge in [-0.15, -0.1) is 0 Å². The highest BCUT2D eigenvalue weighted by molar-refractivity contribution is 6.31. The van der Waals surface area contributed by atoms with E-state index in [1.165, 1.54) is 0 Å². The molecule has 0 saturated heterocycles. The monoisotopic (exact) mass is 337 g/mol. The van der Waals surface area contributed by atoms with Crippen LogP contribution in [0, 0.1) is 6.92 Å². The van der Waals surface area contributed by atoms with Gasteiger partial charge in [-0.25, -0.2) is 0 Å². The van der Waals surface area contributed by atoms with E-state index in [0.29, 0.717) is 28.9 Å². The van der Waals surface area contributed by atoms with Crippen LogP contribution in [0.25, 0.3) is 0 Å². The van der Waals surface area contributed by atoms with Crippen LogP contribution in [0.3, 0.4) is 0 Å². The van der Waals surface area contributed by atoms with Gasteiger partial charge in [0.1, 0.15) is 29.9 Å². The molecule has 0 amide bonds. The quantitative estimate of drug-likeness (QED) is 0.785. The Labute approximate surface area is 140 Å². The summed E-state index contributed by atoms with van der Waals surface area (Å²) in [5.41, 5.74) is 6.65. The van der Waals surface area contributed by atoms with Crippen LogP contribution >= 0.6 is 11.6 Å². The molecule has 0 radical (unpaired) electrons. The molecular weight excluding hydrogens is 318 g/mol. The van der Waals surface area contributed by atoms with Crippen molar-refractivity contribution in [1.82, 2.24) is 0 Å². The second-order valence-corrected chi connectivity index (χ2v) is 5.49. The Balaban J connectivity index is 1.92. The summed E-state index contributed by atoms with van der Waals surface area (Å²) in [7, 11) is 0. The zero-order chi connectivity index (χ0) is 16.8. The Morgan fingerprint density at radius 2 is 2.04 bits per heavy atom. The van der Waals surface area contributed by atoms with Crippen LogP contribution < -0.4 is 10.5 Å². The molecule has 1 atom stereocenters. The van der Waals surface area contributed by atoms with E-state index in [1.807, 2.05) is 25.1 Å². The lowest BCUT2D eigenvalue weighted by Crippen LogP contribution is -2.34. The predicted octanol–water partition coefficient (Wildman–Crippen LogP) is 3.25. The molecule has 0 spiro atoms. The van der Waals surface area contributed by atoms with E-state index in [0.717, 1.165) is 5.56 Å². The molecule has 5 nitrogen and oxygen atoms in total. The molecule has 1 unspecified atom stereocenters. The zero-order valence-electron chi connectivity index (χ0n) is 13.2. The summed E-state index contributed by atoms with van der Waals surface area (Å²) >= 11 is 6.05. The van der Waals surface area contributed by atoms with E-state index in [4.69, 9.17) is 31.2 Å². The van der Waals surface area contributed by atoms with Crippen LogP contribution in [-0.2, 0) is 22.6 Å². The van der Waals surface area contributed by atoms with Crippen LogP contribution in [0.5, 0.6) is 5.75 Å². The van der Waals surface area contributed by atoms with Crippen molar-refractivity contribution in [2.75, 3.05) is 6.61 Å². The van der Waals surface area contributed by atoms with Crippen molar-refractivity contribution in [2.45, 2.75) is 32.9 Å². The van der Waals surface area contributed by atoms with Gasteiger partial charge in [0.05, 0.1) is 6.61 Å². The number of hydrogen-bond acceptors (Lipinski definition) is 5. The Morgan fingerprint density at radius 1 is 1.30 bits per heavy atom. The van der Waals surface area contributed by atoms with Crippen molar-refractivity contribution in [2.24, 2.45) is 5.73 Å². The van der Waals surface area contributed by atoms with Crippen LogP contribution in [0.2, 0.25) is 5.02 Å². The zero-order valence-corrected chi connectivity index (χ0v) is 13.9. The van der Waals surface area contributed by atoms with Gasteiger partial charge in [0.2, 0.25) is 0 Å². The van der Waals surface area contributed by atoms with Gasteiger partial charge < -0.3 is 19.6 Å². The van der Waals surface area contributed by atoms with Gasteiger partial charge >= 0.3 is 5.97 Å². The number of esters is 1. The third kappa shape index (κ3) is 4.74. The molecule has 23 heavy (non-hydrogen) atoms. The number of halogens is 1. The van der Waals surface area contributed by atoms with Crippen LogP contribution in [-0.4, -0.2) is 18.6 Å². The molecule has 0 bridgehead atoms. The van der Waals surface area contributed by atoms with Gasteiger partial charge in [-0.1, -0.05) is 17.7 Å². The third-order valence-corrected chi connectivity index (χ3v) is 3.73. The summed E-state index contributed by atoms with van der Waals surface area (Å²) in [6.07, 6.45) is 0.287. The molecule has 124 valence electrons. The Hall–Kier alpha value is -1.98. The number of benzene rings is 1. The van der Waals surface area contributed by atoms with Gasteiger partial charge in [0.25, 0.3) is 0 Å². The molecule has 0 aliphatic heterocycles. The van der Waals surface area contributed by atoms with Gasteiger partial charge in [0.15, 0.2) is 0 Å². The van der Waals surface area contributed by atoms with Gasteiger partial charge in [-0.3, -0.25) is 4.79 Å². The first-order valence-corrected chi connectivity index (χ1v) is 7.76. The number of carbonyl (C=O) groups is 1. The van der Waals surface area contributed by atoms with E-state index in [1.54, 1.807) is 19.1 Å². The first kappa shape index (κ1) is 17.4. The molecule has 0 saturated carbocycles. The molecule has 2 N–H and O–H groups in total. The summed E-state index contributed by atoms with van der Waals surface area (Å²) in [5, 5.41) is 0.656. The minimum absolute atomic E-state index is 0.274. The van der Waals surface area contributed by atoms with E-state index in [-0.39, 0.29) is 13.0 Å². The van der Waals surface area contributed by atoms with Crippen molar-refractivity contribution in [3.05, 3.63) is 52.4 Å². The molecular formula is C17H20ClNO4. The maximum atomic E-state index is 11.5. The number of ether oxygens (including phenoxy) is 2. The number of nitrogens with two attached hydrogens (primary N) is 1. The topological polar surface area (TPSA) is 74.7 Å². The Bertz CT molecular complexity index is 668. The highest BCUT2D eigenvalue weighted by Crippen LogP contribution is 2.26. The van der Waals surface area contributed by atoms with Crippen LogP contribution in [0.4, 0.5) is 0 Å². The maximum absolute atomic E-state index is 11.5. The average molecular weight is 338 g/mol. The first-order chi connectivity index (χ1) is 11.0. The van der Waals surface area contributed by atoms with Crippen molar-refractivity contribution < 1.29 is 18.7 Å². The fourth-order valence-corrected chi connectivity index (χ4v) is 2.22. The minimum atomic E-state index is -0.731. The maximum Gasteiger partial charge on any atom is 0.323 e. The fraction of sp³-hybridized carbons (Fsp3) is 0.353. The van der Waals surface area contributed by atoms with Gasteiger partial charge in [-0.05, 0) is 38.1 Å². The van der Waals surface area contributed by atoms with Crippen molar-refractivity contribution in [3.63, 3.8) is 0 Å². The minimum Gasteiger partial charge on any atom is -0.485 e. The van der Waals surface area contributed by atoms with Crippen molar-refractivity contribution in [1.29, 1.82) is 0 Å².